The van der Waals surface area contributed by atoms with Crippen LogP contribution < -0.4 is 10.2 Å². The summed E-state index contributed by atoms with van der Waals surface area (Å²) in [5, 5.41) is 3.46. The Bertz CT molecular complexity index is 473. The van der Waals surface area contributed by atoms with E-state index in [9.17, 15) is 0 Å². The highest BCUT2D eigenvalue weighted by Crippen LogP contribution is 2.28. The van der Waals surface area contributed by atoms with Crippen LogP contribution in [0.1, 0.15) is 32.8 Å². The molecular formula is C17H28BrN3. The van der Waals surface area contributed by atoms with Gasteiger partial charge in [0.1, 0.15) is 0 Å². The molecule has 0 atom stereocenters. The molecule has 4 heteroatoms. The fourth-order valence-corrected chi connectivity index (χ4v) is 3.24. The van der Waals surface area contributed by atoms with Crippen LogP contribution >= 0.6 is 15.9 Å². The third-order valence-electron chi connectivity index (χ3n) is 4.46. The zero-order valence-electron chi connectivity index (χ0n) is 13.7. The molecule has 1 aliphatic rings. The monoisotopic (exact) mass is 353 g/mol. The van der Waals surface area contributed by atoms with Crippen molar-refractivity contribution in [2.75, 3.05) is 38.1 Å². The molecule has 1 aliphatic heterocycles. The molecule has 0 saturated carbocycles. The molecule has 1 fully saturated rings. The van der Waals surface area contributed by atoms with Gasteiger partial charge >= 0.3 is 0 Å². The Morgan fingerprint density at radius 3 is 2.67 bits per heavy atom. The Hall–Kier alpha value is -0.580. The zero-order valence-corrected chi connectivity index (χ0v) is 15.3. The number of likely N-dealkylation sites (N-methyl/N-ethyl adjacent to an activating group) is 1. The van der Waals surface area contributed by atoms with E-state index in [0.29, 0.717) is 0 Å². The first-order valence-electron chi connectivity index (χ1n) is 7.89. The molecule has 0 bridgehead atoms. The average Bonchev–Trinajstić information content (AvgIpc) is 2.44. The number of nitrogens with zero attached hydrogens (tertiary/aromatic N) is 2. The van der Waals surface area contributed by atoms with Gasteiger partial charge in [0, 0.05) is 41.9 Å². The van der Waals surface area contributed by atoms with E-state index < -0.39 is 0 Å². The second kappa shape index (κ2) is 7.12. The molecule has 0 unspecified atom stereocenters. The minimum absolute atomic E-state index is 0.228. The number of hydrogen-bond acceptors (Lipinski definition) is 3. The molecule has 3 nitrogen and oxygen atoms in total. The summed E-state index contributed by atoms with van der Waals surface area (Å²) in [6.45, 7) is 12.1. The SMILES string of the molecule is CCCNCc1ccc(N2CCN(C)C(C)(C)C2)cc1Br. The van der Waals surface area contributed by atoms with Gasteiger partial charge in [0.25, 0.3) is 0 Å². The van der Waals surface area contributed by atoms with Gasteiger partial charge in [-0.1, -0.05) is 28.9 Å². The van der Waals surface area contributed by atoms with Gasteiger partial charge in [0.2, 0.25) is 0 Å². The van der Waals surface area contributed by atoms with Gasteiger partial charge in [0.15, 0.2) is 0 Å². The lowest BCUT2D eigenvalue weighted by molar-refractivity contribution is 0.139. The van der Waals surface area contributed by atoms with Gasteiger partial charge < -0.3 is 10.2 Å². The van der Waals surface area contributed by atoms with Crippen molar-refractivity contribution in [3.05, 3.63) is 28.2 Å². The smallest absolute Gasteiger partial charge is 0.0378 e. The van der Waals surface area contributed by atoms with Crippen LogP contribution in [0.5, 0.6) is 0 Å². The zero-order chi connectivity index (χ0) is 15.5. The highest BCUT2D eigenvalue weighted by atomic mass is 79.9. The first-order chi connectivity index (χ1) is 9.94. The van der Waals surface area contributed by atoms with Crippen LogP contribution in [0.3, 0.4) is 0 Å². The fraction of sp³-hybridized carbons (Fsp3) is 0.647. The van der Waals surface area contributed by atoms with Gasteiger partial charge in [0.05, 0.1) is 0 Å². The standard InChI is InChI=1S/C17H28BrN3/c1-5-8-19-12-14-6-7-15(11-16(14)18)21-10-9-20(4)17(2,3)13-21/h6-7,11,19H,5,8-10,12-13H2,1-4H3. The predicted octanol–water partition coefficient (Wildman–Crippen LogP) is 3.48. The predicted molar refractivity (Wildman–Crippen MR) is 95.1 cm³/mol. The van der Waals surface area contributed by atoms with Crippen LogP contribution in [0, 0.1) is 0 Å². The summed E-state index contributed by atoms with van der Waals surface area (Å²) in [5.74, 6) is 0. The summed E-state index contributed by atoms with van der Waals surface area (Å²) in [4.78, 5) is 4.94. The molecular weight excluding hydrogens is 326 g/mol. The third kappa shape index (κ3) is 4.21. The minimum Gasteiger partial charge on any atom is -0.368 e. The van der Waals surface area contributed by atoms with Gasteiger partial charge in [-0.3, -0.25) is 4.90 Å². The number of anilines is 1. The molecule has 1 N–H and O–H groups in total. The number of halogens is 1. The molecule has 0 aliphatic carbocycles. The highest BCUT2D eigenvalue weighted by molar-refractivity contribution is 9.10. The van der Waals surface area contributed by atoms with E-state index in [0.717, 1.165) is 32.7 Å². The minimum atomic E-state index is 0.228. The van der Waals surface area contributed by atoms with Crippen molar-refractivity contribution in [2.24, 2.45) is 0 Å². The quantitative estimate of drug-likeness (QED) is 0.817. The van der Waals surface area contributed by atoms with E-state index >= 15 is 0 Å². The van der Waals surface area contributed by atoms with Gasteiger partial charge in [-0.2, -0.15) is 0 Å². The van der Waals surface area contributed by atoms with Gasteiger partial charge in [-0.05, 0) is 51.6 Å². The van der Waals surface area contributed by atoms with Crippen molar-refractivity contribution in [1.82, 2.24) is 10.2 Å². The summed E-state index contributed by atoms with van der Waals surface area (Å²) < 4.78 is 1.21. The first kappa shape index (κ1) is 16.8. The van der Waals surface area contributed by atoms with E-state index in [1.54, 1.807) is 0 Å². The maximum absolute atomic E-state index is 3.73. The van der Waals surface area contributed by atoms with E-state index in [-0.39, 0.29) is 5.54 Å². The summed E-state index contributed by atoms with van der Waals surface area (Å²) in [6.07, 6.45) is 1.17. The third-order valence-corrected chi connectivity index (χ3v) is 5.20. The maximum Gasteiger partial charge on any atom is 0.0378 e. The van der Waals surface area contributed by atoms with Crippen molar-refractivity contribution < 1.29 is 0 Å². The lowest BCUT2D eigenvalue weighted by Gasteiger charge is -2.46. The molecule has 1 saturated heterocycles. The van der Waals surface area contributed by atoms with Gasteiger partial charge in [-0.25, -0.2) is 0 Å². The highest BCUT2D eigenvalue weighted by Gasteiger charge is 2.31. The van der Waals surface area contributed by atoms with E-state index in [1.807, 2.05) is 0 Å². The topological polar surface area (TPSA) is 18.5 Å². The van der Waals surface area contributed by atoms with Crippen LogP contribution in [0.2, 0.25) is 0 Å². The van der Waals surface area contributed by atoms with E-state index in [1.165, 1.54) is 22.1 Å². The second-order valence-corrected chi connectivity index (χ2v) is 7.46. The molecule has 118 valence electrons. The van der Waals surface area contributed by atoms with Gasteiger partial charge in [-0.15, -0.1) is 0 Å². The fourth-order valence-electron chi connectivity index (χ4n) is 2.74. The maximum atomic E-state index is 3.73. The van der Waals surface area contributed by atoms with Crippen molar-refractivity contribution in [2.45, 2.75) is 39.3 Å². The number of piperazine rings is 1. The van der Waals surface area contributed by atoms with Crippen molar-refractivity contribution in [1.29, 1.82) is 0 Å². The van der Waals surface area contributed by atoms with Crippen LogP contribution in [0.4, 0.5) is 5.69 Å². The summed E-state index contributed by atoms with van der Waals surface area (Å²) in [5.41, 5.74) is 2.88. The molecule has 0 spiro atoms. The molecule has 2 rings (SSSR count). The number of hydrogen-bond donors (Lipinski definition) is 1. The van der Waals surface area contributed by atoms with E-state index in [2.05, 4.69) is 77.1 Å². The molecule has 1 aromatic rings. The lowest BCUT2D eigenvalue weighted by Crippen LogP contribution is -2.57. The van der Waals surface area contributed by atoms with Crippen molar-refractivity contribution in [3.63, 3.8) is 0 Å². The Morgan fingerprint density at radius 2 is 2.05 bits per heavy atom. The molecule has 1 aromatic carbocycles. The van der Waals surface area contributed by atoms with Crippen LogP contribution in [-0.2, 0) is 6.54 Å². The second-order valence-electron chi connectivity index (χ2n) is 6.61. The Labute approximate surface area is 137 Å². The summed E-state index contributed by atoms with van der Waals surface area (Å²) >= 11 is 3.73. The largest absolute Gasteiger partial charge is 0.368 e. The average molecular weight is 354 g/mol. The normalized spacial score (nSPS) is 19.0. The number of benzene rings is 1. The van der Waals surface area contributed by atoms with Crippen LogP contribution in [-0.4, -0.2) is 43.7 Å². The number of nitrogens with one attached hydrogen (secondary N) is 1. The lowest BCUT2D eigenvalue weighted by atomic mass is 9.99. The molecule has 0 amide bonds. The first-order valence-corrected chi connectivity index (χ1v) is 8.68. The van der Waals surface area contributed by atoms with E-state index in [4.69, 9.17) is 0 Å². The van der Waals surface area contributed by atoms with Crippen molar-refractivity contribution >= 4 is 21.6 Å². The Kier molecular flexibility index (Phi) is 5.69. The summed E-state index contributed by atoms with van der Waals surface area (Å²) in [6, 6.07) is 6.77. The Balaban J connectivity index is 2.06. The van der Waals surface area contributed by atoms with Crippen molar-refractivity contribution in [3.8, 4) is 0 Å². The molecule has 0 radical (unpaired) electrons. The van der Waals surface area contributed by atoms with Crippen LogP contribution in [0.15, 0.2) is 22.7 Å². The molecule has 1 heterocycles. The number of rotatable bonds is 5. The van der Waals surface area contributed by atoms with Crippen LogP contribution in [0.25, 0.3) is 0 Å². The Morgan fingerprint density at radius 1 is 1.29 bits per heavy atom. The molecule has 0 aromatic heterocycles. The summed E-state index contributed by atoms with van der Waals surface area (Å²) in [7, 11) is 2.22. The molecule has 21 heavy (non-hydrogen) atoms.